The number of halogens is 1. The molecule has 1 fully saturated rings. The summed E-state index contributed by atoms with van der Waals surface area (Å²) in [7, 11) is 0. The van der Waals surface area contributed by atoms with E-state index in [0.717, 1.165) is 42.8 Å². The van der Waals surface area contributed by atoms with Crippen LogP contribution in [0.4, 0.5) is 0 Å². The zero-order valence-corrected chi connectivity index (χ0v) is 12.1. The molecule has 5 heteroatoms. The maximum Gasteiger partial charge on any atom is 0.242 e. The van der Waals surface area contributed by atoms with Crippen LogP contribution in [0.2, 0.25) is 0 Å². The monoisotopic (exact) mass is 291 g/mol. The van der Waals surface area contributed by atoms with Crippen LogP contribution in [0.15, 0.2) is 24.3 Å². The van der Waals surface area contributed by atoms with Gasteiger partial charge in [-0.25, -0.2) is 4.98 Å². The van der Waals surface area contributed by atoms with E-state index in [1.54, 1.807) is 0 Å². The Kier molecular flexibility index (Phi) is 3.92. The second-order valence-corrected chi connectivity index (χ2v) is 5.45. The van der Waals surface area contributed by atoms with Crippen molar-refractivity contribution in [2.75, 3.05) is 13.1 Å². The number of alkyl halides is 1. The standard InChI is InChI=1S/C15H18ClN3O/c16-10-14-17-12-6-2-3-7-13(12)19(14)11-15(20)18-8-4-1-5-9-18/h2-3,6-7H,1,4-5,8-11H2. The molecule has 0 saturated carbocycles. The Hall–Kier alpha value is -1.55. The van der Waals surface area contributed by atoms with E-state index in [0.29, 0.717) is 12.4 Å². The number of piperidine rings is 1. The number of carbonyl (C=O) groups is 1. The van der Waals surface area contributed by atoms with Gasteiger partial charge in [-0.3, -0.25) is 4.79 Å². The van der Waals surface area contributed by atoms with Crippen molar-refractivity contribution in [2.45, 2.75) is 31.7 Å². The van der Waals surface area contributed by atoms with Crippen molar-refractivity contribution in [3.63, 3.8) is 0 Å². The predicted octanol–water partition coefficient (Wildman–Crippen LogP) is 2.79. The molecule has 0 radical (unpaired) electrons. The largest absolute Gasteiger partial charge is 0.341 e. The Balaban J connectivity index is 1.87. The number of likely N-dealkylation sites (tertiary alicyclic amines) is 1. The first-order valence-corrected chi connectivity index (χ1v) is 7.61. The Labute approximate surface area is 123 Å². The molecular formula is C15H18ClN3O. The second kappa shape index (κ2) is 5.83. The van der Waals surface area contributed by atoms with Gasteiger partial charge in [-0.05, 0) is 31.4 Å². The third kappa shape index (κ3) is 2.52. The lowest BCUT2D eigenvalue weighted by Crippen LogP contribution is -2.38. The normalized spacial score (nSPS) is 15.8. The highest BCUT2D eigenvalue weighted by molar-refractivity contribution is 6.16. The molecule has 2 heterocycles. The quantitative estimate of drug-likeness (QED) is 0.816. The van der Waals surface area contributed by atoms with Crippen LogP contribution in [0.25, 0.3) is 11.0 Å². The fourth-order valence-corrected chi connectivity index (χ4v) is 2.99. The highest BCUT2D eigenvalue weighted by atomic mass is 35.5. The number of para-hydroxylation sites is 2. The summed E-state index contributed by atoms with van der Waals surface area (Å²) in [6.07, 6.45) is 3.45. The third-order valence-corrected chi connectivity index (χ3v) is 4.09. The molecule has 20 heavy (non-hydrogen) atoms. The molecular weight excluding hydrogens is 274 g/mol. The Morgan fingerprint density at radius 3 is 2.70 bits per heavy atom. The number of hydrogen-bond donors (Lipinski definition) is 0. The summed E-state index contributed by atoms with van der Waals surface area (Å²) in [5.41, 5.74) is 1.88. The van der Waals surface area contributed by atoms with Crippen LogP contribution >= 0.6 is 11.6 Å². The van der Waals surface area contributed by atoms with Gasteiger partial charge < -0.3 is 9.47 Å². The lowest BCUT2D eigenvalue weighted by atomic mass is 10.1. The Morgan fingerprint density at radius 2 is 1.95 bits per heavy atom. The van der Waals surface area contributed by atoms with Crippen molar-refractivity contribution in [1.29, 1.82) is 0 Å². The molecule has 1 aliphatic heterocycles. The van der Waals surface area contributed by atoms with Gasteiger partial charge in [0.25, 0.3) is 0 Å². The average Bonchev–Trinajstić information content (AvgIpc) is 2.86. The summed E-state index contributed by atoms with van der Waals surface area (Å²) in [6, 6.07) is 7.85. The number of benzene rings is 1. The molecule has 0 aliphatic carbocycles. The second-order valence-electron chi connectivity index (χ2n) is 5.18. The van der Waals surface area contributed by atoms with Crippen LogP contribution in [0.5, 0.6) is 0 Å². The molecule has 0 spiro atoms. The predicted molar refractivity (Wildman–Crippen MR) is 79.7 cm³/mol. The number of fused-ring (bicyclic) bond motifs is 1. The summed E-state index contributed by atoms with van der Waals surface area (Å²) < 4.78 is 1.94. The SMILES string of the molecule is O=C(Cn1c(CCl)nc2ccccc21)N1CCCCC1. The molecule has 2 aromatic rings. The third-order valence-electron chi connectivity index (χ3n) is 3.86. The first-order valence-electron chi connectivity index (χ1n) is 7.07. The summed E-state index contributed by atoms with van der Waals surface area (Å²) in [5.74, 6) is 1.25. The highest BCUT2D eigenvalue weighted by Gasteiger charge is 2.19. The maximum absolute atomic E-state index is 12.4. The Bertz CT molecular complexity index is 617. The van der Waals surface area contributed by atoms with E-state index in [9.17, 15) is 4.79 Å². The molecule has 0 bridgehead atoms. The van der Waals surface area contributed by atoms with Crippen LogP contribution < -0.4 is 0 Å². The zero-order valence-electron chi connectivity index (χ0n) is 11.4. The number of imidazole rings is 1. The van der Waals surface area contributed by atoms with Crippen LogP contribution in [0, 0.1) is 0 Å². The molecule has 1 aromatic heterocycles. The van der Waals surface area contributed by atoms with E-state index in [4.69, 9.17) is 11.6 Å². The van der Waals surface area contributed by atoms with Gasteiger partial charge in [0.1, 0.15) is 12.4 Å². The Morgan fingerprint density at radius 1 is 1.20 bits per heavy atom. The van der Waals surface area contributed by atoms with Crippen molar-refractivity contribution in [1.82, 2.24) is 14.5 Å². The fraction of sp³-hybridized carbons (Fsp3) is 0.467. The van der Waals surface area contributed by atoms with Crippen LogP contribution in [-0.4, -0.2) is 33.4 Å². The summed E-state index contributed by atoms with van der Waals surface area (Å²) >= 11 is 5.96. The van der Waals surface area contributed by atoms with Crippen LogP contribution in [0.1, 0.15) is 25.1 Å². The smallest absolute Gasteiger partial charge is 0.242 e. The average molecular weight is 292 g/mol. The van der Waals surface area contributed by atoms with Crippen molar-refractivity contribution >= 4 is 28.5 Å². The van der Waals surface area contributed by atoms with Crippen molar-refractivity contribution in [3.8, 4) is 0 Å². The molecule has 3 rings (SSSR count). The van der Waals surface area contributed by atoms with Crippen LogP contribution in [0.3, 0.4) is 0 Å². The van der Waals surface area contributed by atoms with Crippen molar-refractivity contribution in [3.05, 3.63) is 30.1 Å². The van der Waals surface area contributed by atoms with Gasteiger partial charge in [-0.1, -0.05) is 12.1 Å². The van der Waals surface area contributed by atoms with E-state index in [1.165, 1.54) is 6.42 Å². The minimum atomic E-state index is 0.166. The molecule has 0 unspecified atom stereocenters. The number of rotatable bonds is 3. The van der Waals surface area contributed by atoms with E-state index in [2.05, 4.69) is 4.98 Å². The number of nitrogens with zero attached hydrogens (tertiary/aromatic N) is 3. The number of amides is 1. The molecule has 0 N–H and O–H groups in total. The first-order chi connectivity index (χ1) is 9.79. The van der Waals surface area contributed by atoms with E-state index in [1.807, 2.05) is 33.7 Å². The molecule has 106 valence electrons. The van der Waals surface area contributed by atoms with Crippen molar-refractivity contribution in [2.24, 2.45) is 0 Å². The zero-order chi connectivity index (χ0) is 13.9. The number of hydrogen-bond acceptors (Lipinski definition) is 2. The van der Waals surface area contributed by atoms with Gasteiger partial charge in [0.05, 0.1) is 16.9 Å². The molecule has 1 aliphatic rings. The van der Waals surface area contributed by atoms with E-state index in [-0.39, 0.29) is 5.91 Å². The van der Waals surface area contributed by atoms with Gasteiger partial charge in [0.2, 0.25) is 5.91 Å². The van der Waals surface area contributed by atoms with Gasteiger partial charge in [-0.15, -0.1) is 11.6 Å². The first kappa shape index (κ1) is 13.4. The summed E-state index contributed by atoms with van der Waals surface area (Å²) in [5, 5.41) is 0. The maximum atomic E-state index is 12.4. The number of carbonyl (C=O) groups excluding carboxylic acids is 1. The van der Waals surface area contributed by atoms with Gasteiger partial charge in [0.15, 0.2) is 0 Å². The molecule has 1 saturated heterocycles. The topological polar surface area (TPSA) is 38.1 Å². The summed E-state index contributed by atoms with van der Waals surface area (Å²) in [6.45, 7) is 2.09. The van der Waals surface area contributed by atoms with E-state index < -0.39 is 0 Å². The molecule has 0 atom stereocenters. The molecule has 1 amide bonds. The highest BCUT2D eigenvalue weighted by Crippen LogP contribution is 2.18. The molecule has 4 nitrogen and oxygen atoms in total. The fourth-order valence-electron chi connectivity index (χ4n) is 2.78. The minimum absolute atomic E-state index is 0.166. The summed E-state index contributed by atoms with van der Waals surface area (Å²) in [4.78, 5) is 18.9. The van der Waals surface area contributed by atoms with Crippen molar-refractivity contribution < 1.29 is 4.79 Å². The molecule has 1 aromatic carbocycles. The van der Waals surface area contributed by atoms with Gasteiger partial charge in [0, 0.05) is 13.1 Å². The lowest BCUT2D eigenvalue weighted by Gasteiger charge is -2.27. The minimum Gasteiger partial charge on any atom is -0.341 e. The lowest BCUT2D eigenvalue weighted by molar-refractivity contribution is -0.132. The van der Waals surface area contributed by atoms with Gasteiger partial charge in [-0.2, -0.15) is 0 Å². The van der Waals surface area contributed by atoms with Gasteiger partial charge >= 0.3 is 0 Å². The van der Waals surface area contributed by atoms with Crippen LogP contribution in [-0.2, 0) is 17.2 Å². The van der Waals surface area contributed by atoms with E-state index >= 15 is 0 Å². The number of aromatic nitrogens is 2.